The zero-order valence-electron chi connectivity index (χ0n) is 8.63. The average Bonchev–Trinajstić information content (AvgIpc) is 2.70. The Balaban J connectivity index is 2.07. The van der Waals surface area contributed by atoms with Gasteiger partial charge >= 0.3 is 0 Å². The molecule has 2 rings (SSSR count). The van der Waals surface area contributed by atoms with Crippen LogP contribution in [0.4, 0.5) is 0 Å². The molecule has 16 heavy (non-hydrogen) atoms. The van der Waals surface area contributed by atoms with E-state index in [2.05, 4.69) is 0 Å². The van der Waals surface area contributed by atoms with Gasteiger partial charge in [-0.05, 0) is 24.3 Å². The van der Waals surface area contributed by atoms with Crippen LogP contribution in [0, 0.1) is 0 Å². The van der Waals surface area contributed by atoms with E-state index in [1.54, 1.807) is 12.1 Å². The largest absolute Gasteiger partial charge is 0.488 e. The van der Waals surface area contributed by atoms with Crippen molar-refractivity contribution in [2.24, 2.45) is 5.14 Å². The van der Waals surface area contributed by atoms with Crippen molar-refractivity contribution in [3.05, 3.63) is 24.3 Å². The first-order valence-corrected chi connectivity index (χ1v) is 6.47. The Kier molecular flexibility index (Phi) is 3.13. The highest BCUT2D eigenvalue weighted by Crippen LogP contribution is 2.18. The number of sulfonamides is 1. The van der Waals surface area contributed by atoms with Gasteiger partial charge in [-0.15, -0.1) is 0 Å². The molecule has 1 fully saturated rings. The van der Waals surface area contributed by atoms with Crippen molar-refractivity contribution in [1.29, 1.82) is 0 Å². The molecule has 1 aromatic carbocycles. The maximum absolute atomic E-state index is 11.0. The maximum atomic E-state index is 11.0. The minimum Gasteiger partial charge on any atom is -0.488 e. The van der Waals surface area contributed by atoms with Crippen LogP contribution in [-0.4, -0.2) is 27.7 Å². The van der Waals surface area contributed by atoms with Crippen molar-refractivity contribution in [1.82, 2.24) is 0 Å². The Bertz CT molecular complexity index is 448. The third kappa shape index (κ3) is 2.72. The molecule has 0 saturated carbocycles. The monoisotopic (exact) mass is 243 g/mol. The zero-order chi connectivity index (χ0) is 11.6. The molecule has 0 radical (unpaired) electrons. The van der Waals surface area contributed by atoms with Crippen molar-refractivity contribution in [2.75, 3.05) is 13.2 Å². The van der Waals surface area contributed by atoms with Crippen LogP contribution in [0.25, 0.3) is 0 Å². The SMILES string of the molecule is NS(=O)(=O)c1ccc(OC2CCOC2)cc1. The molecule has 5 nitrogen and oxygen atoms in total. The van der Waals surface area contributed by atoms with E-state index in [4.69, 9.17) is 14.6 Å². The topological polar surface area (TPSA) is 78.6 Å². The van der Waals surface area contributed by atoms with E-state index in [1.165, 1.54) is 12.1 Å². The van der Waals surface area contributed by atoms with E-state index in [9.17, 15) is 8.42 Å². The Labute approximate surface area is 94.2 Å². The number of hydrogen-bond donors (Lipinski definition) is 1. The molecule has 1 aromatic rings. The summed E-state index contributed by atoms with van der Waals surface area (Å²) in [5.74, 6) is 0.628. The summed E-state index contributed by atoms with van der Waals surface area (Å²) in [6.07, 6.45) is 0.914. The summed E-state index contributed by atoms with van der Waals surface area (Å²) in [6.45, 7) is 1.29. The van der Waals surface area contributed by atoms with Gasteiger partial charge in [-0.25, -0.2) is 13.6 Å². The first-order valence-electron chi connectivity index (χ1n) is 4.93. The van der Waals surface area contributed by atoms with Crippen molar-refractivity contribution in [3.8, 4) is 5.75 Å². The van der Waals surface area contributed by atoms with Crippen LogP contribution in [0.3, 0.4) is 0 Å². The van der Waals surface area contributed by atoms with Crippen LogP contribution in [0.5, 0.6) is 5.75 Å². The van der Waals surface area contributed by atoms with Gasteiger partial charge in [0.05, 0.1) is 18.1 Å². The van der Waals surface area contributed by atoms with E-state index in [0.717, 1.165) is 6.42 Å². The van der Waals surface area contributed by atoms with Gasteiger partial charge in [-0.2, -0.15) is 0 Å². The number of benzene rings is 1. The summed E-state index contributed by atoms with van der Waals surface area (Å²) < 4.78 is 32.8. The summed E-state index contributed by atoms with van der Waals surface area (Å²) in [4.78, 5) is 0.0857. The van der Waals surface area contributed by atoms with Crippen molar-refractivity contribution in [3.63, 3.8) is 0 Å². The first kappa shape index (κ1) is 11.4. The Morgan fingerprint density at radius 3 is 2.50 bits per heavy atom. The minimum absolute atomic E-state index is 0.0559. The molecular formula is C10H13NO4S. The second-order valence-electron chi connectivity index (χ2n) is 3.62. The number of nitrogens with two attached hydrogens (primary N) is 1. The Hall–Kier alpha value is -1.11. The first-order chi connectivity index (χ1) is 7.55. The molecule has 1 atom stereocenters. The quantitative estimate of drug-likeness (QED) is 0.838. The molecule has 1 unspecified atom stereocenters. The Morgan fingerprint density at radius 2 is 2.00 bits per heavy atom. The van der Waals surface area contributed by atoms with E-state index >= 15 is 0 Å². The molecule has 2 N–H and O–H groups in total. The summed E-state index contributed by atoms with van der Waals surface area (Å²) in [6, 6.07) is 6.05. The lowest BCUT2D eigenvalue weighted by Crippen LogP contribution is -2.16. The fourth-order valence-corrected chi connectivity index (χ4v) is 2.02. The lowest BCUT2D eigenvalue weighted by molar-refractivity contribution is 0.141. The van der Waals surface area contributed by atoms with Gasteiger partial charge in [-0.3, -0.25) is 0 Å². The third-order valence-corrected chi connectivity index (χ3v) is 3.27. The lowest BCUT2D eigenvalue weighted by Gasteiger charge is -2.11. The number of hydrogen-bond acceptors (Lipinski definition) is 4. The predicted molar refractivity (Wildman–Crippen MR) is 57.7 cm³/mol. The maximum Gasteiger partial charge on any atom is 0.238 e. The second kappa shape index (κ2) is 4.40. The minimum atomic E-state index is -3.63. The van der Waals surface area contributed by atoms with Gasteiger partial charge in [0, 0.05) is 6.42 Å². The molecule has 6 heteroatoms. The van der Waals surface area contributed by atoms with E-state index in [-0.39, 0.29) is 11.0 Å². The van der Waals surface area contributed by atoms with E-state index in [0.29, 0.717) is 19.0 Å². The summed E-state index contributed by atoms with van der Waals surface area (Å²) >= 11 is 0. The Morgan fingerprint density at radius 1 is 1.31 bits per heavy atom. The highest BCUT2D eigenvalue weighted by molar-refractivity contribution is 7.89. The highest BCUT2D eigenvalue weighted by atomic mass is 32.2. The summed E-state index contributed by atoms with van der Waals surface area (Å²) in [5.41, 5.74) is 0. The predicted octanol–water partition coefficient (Wildman–Crippen LogP) is 0.502. The van der Waals surface area contributed by atoms with Crippen molar-refractivity contribution < 1.29 is 17.9 Å². The number of primary sulfonamides is 1. The molecule has 0 aromatic heterocycles. The summed E-state index contributed by atoms with van der Waals surface area (Å²) in [5, 5.41) is 4.98. The normalized spacial score (nSPS) is 20.9. The molecule has 88 valence electrons. The summed E-state index contributed by atoms with van der Waals surface area (Å²) in [7, 11) is -3.63. The molecular weight excluding hydrogens is 230 g/mol. The van der Waals surface area contributed by atoms with Crippen LogP contribution < -0.4 is 9.88 Å². The fraction of sp³-hybridized carbons (Fsp3) is 0.400. The smallest absolute Gasteiger partial charge is 0.238 e. The zero-order valence-corrected chi connectivity index (χ0v) is 9.44. The van der Waals surface area contributed by atoms with Gasteiger partial charge in [0.1, 0.15) is 11.9 Å². The molecule has 1 aliphatic heterocycles. The standard InChI is InChI=1S/C10H13NO4S/c11-16(12,13)10-3-1-8(2-4-10)15-9-5-6-14-7-9/h1-4,9H,5-7H2,(H2,11,12,13). The molecule has 1 aliphatic rings. The molecule has 1 saturated heterocycles. The van der Waals surface area contributed by atoms with E-state index in [1.807, 2.05) is 0 Å². The van der Waals surface area contributed by atoms with Gasteiger partial charge in [-0.1, -0.05) is 0 Å². The molecule has 0 amide bonds. The average molecular weight is 243 g/mol. The van der Waals surface area contributed by atoms with Crippen LogP contribution >= 0.6 is 0 Å². The molecule has 0 spiro atoms. The van der Waals surface area contributed by atoms with Crippen LogP contribution in [0.15, 0.2) is 29.2 Å². The van der Waals surface area contributed by atoms with Gasteiger partial charge in [0.25, 0.3) is 0 Å². The second-order valence-corrected chi connectivity index (χ2v) is 5.18. The van der Waals surface area contributed by atoms with Crippen molar-refractivity contribution >= 4 is 10.0 Å². The van der Waals surface area contributed by atoms with Crippen LogP contribution in [-0.2, 0) is 14.8 Å². The van der Waals surface area contributed by atoms with Crippen molar-refractivity contribution in [2.45, 2.75) is 17.4 Å². The van der Waals surface area contributed by atoms with Crippen LogP contribution in [0.2, 0.25) is 0 Å². The van der Waals surface area contributed by atoms with Crippen LogP contribution in [0.1, 0.15) is 6.42 Å². The molecule has 0 bridgehead atoms. The number of ether oxygens (including phenoxy) is 2. The number of rotatable bonds is 3. The van der Waals surface area contributed by atoms with E-state index < -0.39 is 10.0 Å². The third-order valence-electron chi connectivity index (χ3n) is 2.34. The van der Waals surface area contributed by atoms with Gasteiger partial charge in [0.2, 0.25) is 10.0 Å². The fourth-order valence-electron chi connectivity index (χ4n) is 1.51. The van der Waals surface area contributed by atoms with Gasteiger partial charge < -0.3 is 9.47 Å². The molecule has 1 heterocycles. The highest BCUT2D eigenvalue weighted by Gasteiger charge is 2.17. The molecule has 0 aliphatic carbocycles. The van der Waals surface area contributed by atoms with Gasteiger partial charge in [0.15, 0.2) is 0 Å². The lowest BCUT2D eigenvalue weighted by atomic mass is 10.3.